The van der Waals surface area contributed by atoms with Crippen molar-refractivity contribution in [1.82, 2.24) is 0 Å². The van der Waals surface area contributed by atoms with Gasteiger partial charge in [0.15, 0.2) is 0 Å². The van der Waals surface area contributed by atoms with Crippen molar-refractivity contribution < 1.29 is 26.3 Å². The van der Waals surface area contributed by atoms with Crippen molar-refractivity contribution in [2.24, 2.45) is 17.0 Å². The van der Waals surface area contributed by atoms with Crippen LogP contribution in [0.1, 0.15) is 49.7 Å². The topological polar surface area (TPSA) is 125 Å². The summed E-state index contributed by atoms with van der Waals surface area (Å²) in [5, 5.41) is 5.24. The third-order valence-corrected chi connectivity index (χ3v) is 9.00. The average molecular weight is 547 g/mol. The molecule has 8 nitrogen and oxygen atoms in total. The SMILES string of the molecule is NS(=O)(=O)c1ccccc1NS(=O)(=O)CCc1ccc(C#CC2CCCC2)cc1OCC1CCOCC1. The smallest absolute Gasteiger partial charge is 0.240 e. The van der Waals surface area contributed by atoms with Crippen molar-refractivity contribution in [2.45, 2.75) is 49.8 Å². The van der Waals surface area contributed by atoms with Crippen LogP contribution in [0.15, 0.2) is 47.4 Å². The number of sulfonamides is 2. The quantitative estimate of drug-likeness (QED) is 0.463. The van der Waals surface area contributed by atoms with Gasteiger partial charge in [-0.05, 0) is 67.9 Å². The summed E-state index contributed by atoms with van der Waals surface area (Å²) >= 11 is 0. The van der Waals surface area contributed by atoms with Crippen molar-refractivity contribution in [3.63, 3.8) is 0 Å². The van der Waals surface area contributed by atoms with E-state index in [-0.39, 0.29) is 22.8 Å². The summed E-state index contributed by atoms with van der Waals surface area (Å²) in [4.78, 5) is -0.274. The number of aryl methyl sites for hydroxylation is 1. The third kappa shape index (κ3) is 8.20. The van der Waals surface area contributed by atoms with Gasteiger partial charge < -0.3 is 9.47 Å². The van der Waals surface area contributed by atoms with E-state index in [1.165, 1.54) is 31.0 Å². The number of rotatable bonds is 9. The average Bonchev–Trinajstić information content (AvgIpc) is 3.39. The highest BCUT2D eigenvalue weighted by atomic mass is 32.2. The Balaban J connectivity index is 1.49. The molecule has 1 saturated heterocycles. The minimum atomic E-state index is -4.08. The first kappa shape index (κ1) is 27.5. The van der Waals surface area contributed by atoms with E-state index < -0.39 is 20.0 Å². The Morgan fingerprint density at radius 1 is 1.00 bits per heavy atom. The van der Waals surface area contributed by atoms with Gasteiger partial charge in [-0.3, -0.25) is 4.72 Å². The molecular formula is C27H34N2O6S2. The largest absolute Gasteiger partial charge is 0.493 e. The number of ether oxygens (including phenoxy) is 2. The van der Waals surface area contributed by atoms with Gasteiger partial charge in [0.2, 0.25) is 20.0 Å². The molecule has 1 aliphatic heterocycles. The van der Waals surface area contributed by atoms with Crippen molar-refractivity contribution >= 4 is 25.7 Å². The second-order valence-corrected chi connectivity index (χ2v) is 13.0. The molecule has 3 N–H and O–H groups in total. The first-order valence-electron chi connectivity index (χ1n) is 12.7. The molecule has 0 bridgehead atoms. The Hall–Kier alpha value is -2.58. The minimum absolute atomic E-state index is 0.0708. The molecule has 37 heavy (non-hydrogen) atoms. The monoisotopic (exact) mass is 546 g/mol. The molecule has 1 saturated carbocycles. The molecule has 0 unspecified atom stereocenters. The van der Waals surface area contributed by atoms with E-state index in [2.05, 4.69) is 16.6 Å². The number of nitrogens with one attached hydrogen (secondary N) is 1. The maximum Gasteiger partial charge on any atom is 0.240 e. The van der Waals surface area contributed by atoms with Crippen LogP contribution in [-0.4, -0.2) is 42.4 Å². The molecule has 1 heterocycles. The molecular weight excluding hydrogens is 512 g/mol. The fraction of sp³-hybridized carbons (Fsp3) is 0.481. The number of hydrogen-bond donors (Lipinski definition) is 2. The van der Waals surface area contributed by atoms with Crippen LogP contribution in [0.25, 0.3) is 0 Å². The normalized spacial score (nSPS) is 17.2. The lowest BCUT2D eigenvalue weighted by molar-refractivity contribution is 0.0496. The Morgan fingerprint density at radius 2 is 1.73 bits per heavy atom. The molecule has 10 heteroatoms. The van der Waals surface area contributed by atoms with E-state index in [0.717, 1.165) is 50.0 Å². The molecule has 2 aromatic rings. The first-order chi connectivity index (χ1) is 17.7. The van der Waals surface area contributed by atoms with E-state index in [0.29, 0.717) is 24.2 Å². The molecule has 2 fully saturated rings. The van der Waals surface area contributed by atoms with Gasteiger partial charge in [0.1, 0.15) is 10.6 Å². The highest BCUT2D eigenvalue weighted by molar-refractivity contribution is 7.93. The third-order valence-electron chi connectivity index (χ3n) is 6.76. The maximum absolute atomic E-state index is 12.9. The number of primary sulfonamides is 1. The number of para-hydroxylation sites is 1. The predicted molar refractivity (Wildman–Crippen MR) is 143 cm³/mol. The van der Waals surface area contributed by atoms with Crippen LogP contribution in [0.2, 0.25) is 0 Å². The number of anilines is 1. The molecule has 0 atom stereocenters. The van der Waals surface area contributed by atoms with Gasteiger partial charge in [-0.25, -0.2) is 22.0 Å². The Labute approximate surface area is 220 Å². The van der Waals surface area contributed by atoms with Crippen LogP contribution >= 0.6 is 0 Å². The van der Waals surface area contributed by atoms with Crippen molar-refractivity contribution in [1.29, 1.82) is 0 Å². The zero-order valence-electron chi connectivity index (χ0n) is 20.8. The lowest BCUT2D eigenvalue weighted by Gasteiger charge is -2.23. The van der Waals surface area contributed by atoms with Crippen molar-refractivity contribution in [2.75, 3.05) is 30.3 Å². The molecule has 2 aliphatic rings. The lowest BCUT2D eigenvalue weighted by Crippen LogP contribution is -2.23. The van der Waals surface area contributed by atoms with E-state index in [1.54, 1.807) is 6.07 Å². The van der Waals surface area contributed by atoms with E-state index in [1.807, 2.05) is 18.2 Å². The van der Waals surface area contributed by atoms with Crippen LogP contribution in [0.5, 0.6) is 5.75 Å². The molecule has 0 aromatic heterocycles. The van der Waals surface area contributed by atoms with Crippen LogP contribution in [0, 0.1) is 23.7 Å². The molecule has 2 aromatic carbocycles. The lowest BCUT2D eigenvalue weighted by atomic mass is 10.0. The van der Waals surface area contributed by atoms with Crippen LogP contribution in [-0.2, 0) is 31.2 Å². The second-order valence-electron chi connectivity index (χ2n) is 9.65. The van der Waals surface area contributed by atoms with Crippen molar-refractivity contribution in [3.8, 4) is 17.6 Å². The van der Waals surface area contributed by atoms with Crippen molar-refractivity contribution in [3.05, 3.63) is 53.6 Å². The van der Waals surface area contributed by atoms with E-state index >= 15 is 0 Å². The molecule has 200 valence electrons. The van der Waals surface area contributed by atoms with E-state index in [4.69, 9.17) is 14.6 Å². The summed E-state index contributed by atoms with van der Waals surface area (Å²) in [5.41, 5.74) is 1.53. The summed E-state index contributed by atoms with van der Waals surface area (Å²) < 4.78 is 63.4. The van der Waals surface area contributed by atoms with Crippen LogP contribution < -0.4 is 14.6 Å². The van der Waals surface area contributed by atoms with Crippen LogP contribution in [0.4, 0.5) is 5.69 Å². The van der Waals surface area contributed by atoms with Gasteiger partial charge in [0.05, 0.1) is 18.0 Å². The first-order valence-corrected chi connectivity index (χ1v) is 15.9. The molecule has 1 aliphatic carbocycles. The van der Waals surface area contributed by atoms with E-state index in [9.17, 15) is 16.8 Å². The second kappa shape index (κ2) is 12.3. The predicted octanol–water partition coefficient (Wildman–Crippen LogP) is 3.67. The summed E-state index contributed by atoms with van der Waals surface area (Å²) in [6.07, 6.45) is 6.77. The highest BCUT2D eigenvalue weighted by Gasteiger charge is 2.20. The zero-order chi connectivity index (χ0) is 26.3. The maximum atomic E-state index is 12.9. The summed E-state index contributed by atoms with van der Waals surface area (Å²) in [6.45, 7) is 1.97. The number of nitrogens with two attached hydrogens (primary N) is 1. The van der Waals surface area contributed by atoms with Gasteiger partial charge in [0, 0.05) is 24.7 Å². The number of hydrogen-bond acceptors (Lipinski definition) is 6. The van der Waals surface area contributed by atoms with Gasteiger partial charge in [-0.15, -0.1) is 0 Å². The molecule has 4 rings (SSSR count). The Bertz CT molecular complexity index is 1350. The van der Waals surface area contributed by atoms with Gasteiger partial charge in [-0.1, -0.05) is 42.9 Å². The van der Waals surface area contributed by atoms with Gasteiger partial charge >= 0.3 is 0 Å². The highest BCUT2D eigenvalue weighted by Crippen LogP contribution is 2.27. The van der Waals surface area contributed by atoms with Gasteiger partial charge in [-0.2, -0.15) is 0 Å². The molecule has 0 radical (unpaired) electrons. The molecule has 0 spiro atoms. The Morgan fingerprint density at radius 3 is 2.46 bits per heavy atom. The Kier molecular flexibility index (Phi) is 9.13. The standard InChI is InChI=1S/C27H34N2O6S2/c28-37(32,33)27-8-4-3-7-25(27)29-36(30,31)18-15-24-12-11-22(10-9-21-5-1-2-6-21)19-26(24)35-20-23-13-16-34-17-14-23/h3-4,7-8,11-12,19,21,23,29H,1-2,5-6,13-18,20H2,(H2,28,32,33). The molecule has 0 amide bonds. The zero-order valence-corrected chi connectivity index (χ0v) is 22.5. The summed E-state index contributed by atoms with van der Waals surface area (Å²) in [6, 6.07) is 11.3. The fourth-order valence-corrected chi connectivity index (χ4v) is 6.47. The minimum Gasteiger partial charge on any atom is -0.493 e. The summed E-state index contributed by atoms with van der Waals surface area (Å²) in [7, 11) is -7.95. The summed E-state index contributed by atoms with van der Waals surface area (Å²) in [5.74, 6) is 7.82. The van der Waals surface area contributed by atoms with Crippen LogP contribution in [0.3, 0.4) is 0 Å². The fourth-order valence-electron chi connectivity index (χ4n) is 4.61. The van der Waals surface area contributed by atoms with Gasteiger partial charge in [0.25, 0.3) is 0 Å². The number of benzene rings is 2.